The predicted molar refractivity (Wildman–Crippen MR) is 148 cm³/mol. The minimum atomic E-state index is -1.01. The average molecular weight is 557 g/mol. The van der Waals surface area contributed by atoms with Crippen molar-refractivity contribution < 1.29 is 28.5 Å². The second kappa shape index (κ2) is 10.7. The molecule has 0 bridgehead atoms. The molecule has 0 saturated carbocycles. The van der Waals surface area contributed by atoms with E-state index in [2.05, 4.69) is 11.0 Å². The highest BCUT2D eigenvalue weighted by Gasteiger charge is 2.31. The number of halogens is 1. The Hall–Kier alpha value is -4.62. The fourth-order valence-electron chi connectivity index (χ4n) is 5.77. The van der Waals surface area contributed by atoms with Crippen molar-refractivity contribution >= 4 is 17.0 Å². The third kappa shape index (κ3) is 4.93. The number of fused-ring (bicyclic) bond motifs is 2. The van der Waals surface area contributed by atoms with Crippen molar-refractivity contribution in [2.24, 2.45) is 7.05 Å². The van der Waals surface area contributed by atoms with Crippen LogP contribution in [-0.2, 0) is 13.6 Å². The molecule has 0 amide bonds. The molecule has 9 nitrogen and oxygen atoms in total. The first kappa shape index (κ1) is 26.6. The van der Waals surface area contributed by atoms with Crippen LogP contribution in [0, 0.1) is 17.1 Å². The van der Waals surface area contributed by atoms with Crippen LogP contribution in [0.1, 0.15) is 57.7 Å². The summed E-state index contributed by atoms with van der Waals surface area (Å²) in [5.74, 6) is 1.34. The van der Waals surface area contributed by atoms with Crippen molar-refractivity contribution in [1.29, 1.82) is 5.26 Å². The number of hydrogen-bond acceptors (Lipinski definition) is 7. The number of rotatable bonds is 6. The number of carboxylic acid groups (broad SMARTS) is 1. The molecule has 6 rings (SSSR count). The number of imidazole rings is 1. The molecule has 41 heavy (non-hydrogen) atoms. The molecule has 4 aromatic rings. The summed E-state index contributed by atoms with van der Waals surface area (Å²) in [6, 6.07) is 15.4. The zero-order valence-corrected chi connectivity index (χ0v) is 22.8. The summed E-state index contributed by atoms with van der Waals surface area (Å²) in [6.45, 7) is 2.48. The molecule has 1 fully saturated rings. The van der Waals surface area contributed by atoms with Crippen LogP contribution in [0.15, 0.2) is 48.5 Å². The number of benzene rings is 3. The van der Waals surface area contributed by atoms with Gasteiger partial charge in [0.15, 0.2) is 17.6 Å². The van der Waals surface area contributed by atoms with E-state index in [-0.39, 0.29) is 23.7 Å². The van der Waals surface area contributed by atoms with Crippen LogP contribution < -0.4 is 14.2 Å². The average Bonchev–Trinajstić information content (AvgIpc) is 3.31. The van der Waals surface area contributed by atoms with Crippen molar-refractivity contribution in [2.45, 2.75) is 31.4 Å². The Labute approximate surface area is 236 Å². The highest BCUT2D eigenvalue weighted by Crippen LogP contribution is 2.45. The lowest BCUT2D eigenvalue weighted by atomic mass is 9.88. The summed E-state index contributed by atoms with van der Waals surface area (Å²) in [7, 11) is 3.41. The molecule has 0 spiro atoms. The van der Waals surface area contributed by atoms with Crippen LogP contribution >= 0.6 is 0 Å². The number of methoxy groups -OCH3 is 1. The van der Waals surface area contributed by atoms with Gasteiger partial charge in [0.2, 0.25) is 0 Å². The summed E-state index contributed by atoms with van der Waals surface area (Å²) in [5, 5.41) is 18.5. The second-order valence-corrected chi connectivity index (χ2v) is 10.4. The first-order valence-electron chi connectivity index (χ1n) is 13.5. The van der Waals surface area contributed by atoms with Gasteiger partial charge >= 0.3 is 5.97 Å². The van der Waals surface area contributed by atoms with Gasteiger partial charge in [-0.3, -0.25) is 4.90 Å². The topological polar surface area (TPSA) is 110 Å². The van der Waals surface area contributed by atoms with E-state index in [1.165, 1.54) is 19.2 Å². The van der Waals surface area contributed by atoms with Crippen LogP contribution in [-0.4, -0.2) is 52.3 Å². The van der Waals surface area contributed by atoms with Gasteiger partial charge in [-0.2, -0.15) is 5.26 Å². The Balaban J connectivity index is 1.17. The maximum atomic E-state index is 14.7. The minimum absolute atomic E-state index is 0.159. The quantitative estimate of drug-likeness (QED) is 0.346. The molecule has 3 aromatic carbocycles. The van der Waals surface area contributed by atoms with E-state index in [1.54, 1.807) is 18.2 Å². The summed E-state index contributed by atoms with van der Waals surface area (Å²) in [4.78, 5) is 18.7. The molecule has 1 atom stereocenters. The number of likely N-dealkylation sites (tertiary alicyclic amines) is 1. The van der Waals surface area contributed by atoms with Crippen molar-refractivity contribution in [3.05, 3.63) is 82.4 Å². The Bertz CT molecular complexity index is 1690. The number of carboxylic acids is 1. The number of piperidine rings is 1. The molecule has 0 unspecified atom stereocenters. The Morgan fingerprint density at radius 1 is 1.20 bits per heavy atom. The number of hydrogen-bond donors (Lipinski definition) is 1. The van der Waals surface area contributed by atoms with Crippen molar-refractivity contribution in [1.82, 2.24) is 14.5 Å². The molecule has 0 radical (unpaired) electrons. The lowest BCUT2D eigenvalue weighted by Crippen LogP contribution is -2.33. The van der Waals surface area contributed by atoms with Gasteiger partial charge in [0.05, 0.1) is 36.4 Å². The van der Waals surface area contributed by atoms with Gasteiger partial charge in [0.1, 0.15) is 29.5 Å². The number of para-hydroxylation sites is 1. The van der Waals surface area contributed by atoms with Crippen LogP contribution in [0.5, 0.6) is 17.2 Å². The Kier molecular flexibility index (Phi) is 6.97. The number of ether oxygens (including phenoxy) is 3. The number of aryl methyl sites for hydroxylation is 1. The van der Waals surface area contributed by atoms with Gasteiger partial charge in [-0.15, -0.1) is 0 Å². The molecule has 1 N–H and O–H groups in total. The molecule has 1 aromatic heterocycles. The third-order valence-corrected chi connectivity index (χ3v) is 8.04. The van der Waals surface area contributed by atoms with Gasteiger partial charge in [-0.1, -0.05) is 18.2 Å². The number of nitriles is 1. The highest BCUT2D eigenvalue weighted by atomic mass is 19.1. The zero-order chi connectivity index (χ0) is 28.7. The highest BCUT2D eigenvalue weighted by molar-refractivity contribution is 5.95. The van der Waals surface area contributed by atoms with E-state index in [4.69, 9.17) is 24.5 Å². The molecular weight excluding hydrogens is 527 g/mol. The molecule has 2 aliphatic rings. The van der Waals surface area contributed by atoms with Crippen LogP contribution in [0.4, 0.5) is 4.39 Å². The van der Waals surface area contributed by atoms with E-state index in [0.717, 1.165) is 37.3 Å². The number of aromatic nitrogens is 2. The summed E-state index contributed by atoms with van der Waals surface area (Å²) >= 11 is 0. The predicted octanol–water partition coefficient (Wildman–Crippen LogP) is 5.18. The van der Waals surface area contributed by atoms with Crippen molar-refractivity contribution in [3.8, 4) is 23.3 Å². The fourth-order valence-corrected chi connectivity index (χ4v) is 5.77. The molecule has 210 valence electrons. The number of aromatic carboxylic acids is 1. The number of nitrogens with zero attached hydrogens (tertiary/aromatic N) is 4. The summed E-state index contributed by atoms with van der Waals surface area (Å²) < 4.78 is 34.4. The summed E-state index contributed by atoms with van der Waals surface area (Å²) in [5.41, 5.74) is 3.20. The zero-order valence-electron chi connectivity index (χ0n) is 22.8. The monoisotopic (exact) mass is 556 g/mol. The van der Waals surface area contributed by atoms with Crippen LogP contribution in [0.3, 0.4) is 0 Å². The van der Waals surface area contributed by atoms with Gasteiger partial charge in [-0.25, -0.2) is 14.2 Å². The van der Waals surface area contributed by atoms with E-state index < -0.39 is 17.9 Å². The van der Waals surface area contributed by atoms with Gasteiger partial charge in [-0.05, 0) is 62.2 Å². The largest absolute Gasteiger partial charge is 0.494 e. The number of carbonyl (C=O) groups is 1. The first-order chi connectivity index (χ1) is 19.9. The summed E-state index contributed by atoms with van der Waals surface area (Å²) in [6.07, 6.45) is 1.19. The van der Waals surface area contributed by atoms with Crippen molar-refractivity contribution in [2.75, 3.05) is 26.8 Å². The second-order valence-electron chi connectivity index (χ2n) is 10.4. The normalized spacial score (nSPS) is 17.4. The Morgan fingerprint density at radius 2 is 2.00 bits per heavy atom. The molecule has 3 heterocycles. The van der Waals surface area contributed by atoms with Gasteiger partial charge in [0, 0.05) is 18.2 Å². The molecule has 1 saturated heterocycles. The molecule has 10 heteroatoms. The SMILES string of the molecule is COc1cc(C(=O)O)cc2c1nc(CN1CCC(c3cccc4c3O[C@@H](c3ccc(C#N)cc3F)CO4)CC1)n2C. The van der Waals surface area contributed by atoms with Gasteiger partial charge < -0.3 is 23.9 Å². The lowest BCUT2D eigenvalue weighted by molar-refractivity contribution is 0.0696. The van der Waals surface area contributed by atoms with Gasteiger partial charge in [0.25, 0.3) is 0 Å². The lowest BCUT2D eigenvalue weighted by Gasteiger charge is -2.35. The third-order valence-electron chi connectivity index (χ3n) is 8.04. The minimum Gasteiger partial charge on any atom is -0.494 e. The fraction of sp³-hybridized carbons (Fsp3) is 0.323. The maximum Gasteiger partial charge on any atom is 0.335 e. The van der Waals surface area contributed by atoms with Crippen LogP contribution in [0.25, 0.3) is 11.0 Å². The molecule has 0 aliphatic carbocycles. The van der Waals surface area contributed by atoms with Crippen LogP contribution in [0.2, 0.25) is 0 Å². The van der Waals surface area contributed by atoms with E-state index in [0.29, 0.717) is 40.4 Å². The maximum absolute atomic E-state index is 14.7. The van der Waals surface area contributed by atoms with E-state index in [9.17, 15) is 14.3 Å². The standard InChI is InChI=1S/C31H29FN4O5/c1-35-24-13-20(31(37)38)14-26(39-2)29(24)34-28(35)16-36-10-8-19(9-11-36)21-4-3-5-25-30(21)41-27(17-40-25)22-7-6-18(15-33)12-23(22)32/h3-7,12-14,19,27H,8-11,16-17H2,1-2H3,(H,37,38)/t27-/m1/s1. The molecule has 2 aliphatic heterocycles. The van der Waals surface area contributed by atoms with E-state index >= 15 is 0 Å². The smallest absolute Gasteiger partial charge is 0.335 e. The van der Waals surface area contributed by atoms with Crippen molar-refractivity contribution in [3.63, 3.8) is 0 Å². The Morgan fingerprint density at radius 3 is 2.71 bits per heavy atom. The first-order valence-corrected chi connectivity index (χ1v) is 13.5. The van der Waals surface area contributed by atoms with E-state index in [1.807, 2.05) is 29.8 Å². The molecular formula is C31H29FN4O5.